The SMILES string of the molecule is C=C[C@@H](OCOC)[C@H](OCOC)[C@H](/C=C/C(C)=O)NC(=O)OC. The van der Waals surface area contributed by atoms with Gasteiger partial charge in [-0.1, -0.05) is 12.2 Å². The van der Waals surface area contributed by atoms with Gasteiger partial charge >= 0.3 is 6.09 Å². The second-order valence-electron chi connectivity index (χ2n) is 4.44. The van der Waals surface area contributed by atoms with Gasteiger partial charge in [-0.25, -0.2) is 4.79 Å². The molecule has 0 bridgehead atoms. The van der Waals surface area contributed by atoms with Crippen molar-refractivity contribution in [2.45, 2.75) is 25.2 Å². The van der Waals surface area contributed by atoms with Gasteiger partial charge in [-0.3, -0.25) is 4.79 Å². The molecule has 23 heavy (non-hydrogen) atoms. The summed E-state index contributed by atoms with van der Waals surface area (Å²) in [6.45, 7) is 5.04. The number of hydrogen-bond acceptors (Lipinski definition) is 7. The lowest BCUT2D eigenvalue weighted by molar-refractivity contribution is -0.147. The van der Waals surface area contributed by atoms with E-state index in [1.165, 1.54) is 46.5 Å². The van der Waals surface area contributed by atoms with Crippen LogP contribution in [0.15, 0.2) is 24.8 Å². The predicted molar refractivity (Wildman–Crippen MR) is 82.8 cm³/mol. The Morgan fingerprint density at radius 1 is 1.13 bits per heavy atom. The van der Waals surface area contributed by atoms with Gasteiger partial charge < -0.3 is 29.0 Å². The van der Waals surface area contributed by atoms with Crippen LogP contribution in [-0.4, -0.2) is 65.0 Å². The number of amides is 1. The monoisotopic (exact) mass is 331 g/mol. The summed E-state index contributed by atoms with van der Waals surface area (Å²) in [5.74, 6) is -0.180. The predicted octanol–water partition coefficient (Wildman–Crippen LogP) is 1.02. The zero-order valence-corrected chi connectivity index (χ0v) is 13.9. The summed E-state index contributed by atoms with van der Waals surface area (Å²) in [4.78, 5) is 22.7. The highest BCUT2D eigenvalue weighted by Crippen LogP contribution is 2.13. The number of alkyl carbamates (subject to hydrolysis) is 1. The van der Waals surface area contributed by atoms with E-state index in [-0.39, 0.29) is 19.4 Å². The normalized spacial score (nSPS) is 15.0. The summed E-state index contributed by atoms with van der Waals surface area (Å²) < 4.78 is 25.4. The van der Waals surface area contributed by atoms with Crippen molar-refractivity contribution in [2.24, 2.45) is 0 Å². The molecule has 0 aromatic rings. The average molecular weight is 331 g/mol. The smallest absolute Gasteiger partial charge is 0.407 e. The van der Waals surface area contributed by atoms with Gasteiger partial charge in [-0.05, 0) is 13.0 Å². The quantitative estimate of drug-likeness (QED) is 0.324. The Morgan fingerprint density at radius 2 is 1.74 bits per heavy atom. The number of ether oxygens (including phenoxy) is 5. The molecule has 0 saturated heterocycles. The largest absolute Gasteiger partial charge is 0.453 e. The standard InChI is InChI=1S/C15H25NO7/c1-6-13(22-9-19-3)14(23-10-20-4)12(8-7-11(2)17)16-15(18)21-5/h6-8,12-14H,1,9-10H2,2-5H3,(H,16,18)/b8-7+/t12-,13+,14+/m0/s1. The van der Waals surface area contributed by atoms with Crippen molar-refractivity contribution in [3.63, 3.8) is 0 Å². The van der Waals surface area contributed by atoms with E-state index in [1.807, 2.05) is 0 Å². The molecular weight excluding hydrogens is 306 g/mol. The number of carbonyl (C=O) groups excluding carboxylic acids is 2. The van der Waals surface area contributed by atoms with Crippen LogP contribution in [0, 0.1) is 0 Å². The van der Waals surface area contributed by atoms with Gasteiger partial charge in [0.1, 0.15) is 25.8 Å². The number of ketones is 1. The molecule has 8 heteroatoms. The Morgan fingerprint density at radius 3 is 2.22 bits per heavy atom. The van der Waals surface area contributed by atoms with E-state index in [1.54, 1.807) is 0 Å². The first-order valence-corrected chi connectivity index (χ1v) is 6.87. The van der Waals surface area contributed by atoms with Crippen molar-refractivity contribution in [1.29, 1.82) is 0 Å². The number of allylic oxidation sites excluding steroid dienone is 1. The number of methoxy groups -OCH3 is 3. The molecule has 0 aliphatic carbocycles. The Labute approximate surface area is 136 Å². The molecule has 1 N–H and O–H groups in total. The van der Waals surface area contributed by atoms with Crippen LogP contribution in [0.1, 0.15) is 6.92 Å². The highest BCUT2D eigenvalue weighted by molar-refractivity contribution is 5.87. The molecule has 3 atom stereocenters. The number of nitrogens with one attached hydrogen (secondary N) is 1. The summed E-state index contributed by atoms with van der Waals surface area (Å²) in [5.41, 5.74) is 0. The van der Waals surface area contributed by atoms with Crippen LogP contribution in [0.3, 0.4) is 0 Å². The van der Waals surface area contributed by atoms with Crippen LogP contribution in [0.4, 0.5) is 4.79 Å². The molecule has 0 aliphatic rings. The van der Waals surface area contributed by atoms with Crippen molar-refractivity contribution in [1.82, 2.24) is 5.32 Å². The second-order valence-corrected chi connectivity index (χ2v) is 4.44. The highest BCUT2D eigenvalue weighted by atomic mass is 16.7. The van der Waals surface area contributed by atoms with Crippen molar-refractivity contribution >= 4 is 11.9 Å². The van der Waals surface area contributed by atoms with Crippen molar-refractivity contribution in [3.8, 4) is 0 Å². The second kappa shape index (κ2) is 12.8. The van der Waals surface area contributed by atoms with Gasteiger partial charge in [-0.15, -0.1) is 6.58 Å². The van der Waals surface area contributed by atoms with Gasteiger partial charge in [0.2, 0.25) is 0 Å². The molecule has 0 fully saturated rings. The maximum absolute atomic E-state index is 11.5. The van der Waals surface area contributed by atoms with E-state index < -0.39 is 24.3 Å². The lowest BCUT2D eigenvalue weighted by atomic mass is 10.0. The summed E-state index contributed by atoms with van der Waals surface area (Å²) in [5, 5.41) is 2.57. The molecular formula is C15H25NO7. The minimum atomic E-state index is -0.711. The first kappa shape index (κ1) is 21.3. The van der Waals surface area contributed by atoms with Crippen molar-refractivity contribution in [2.75, 3.05) is 34.9 Å². The first-order chi connectivity index (χ1) is 11.0. The average Bonchev–Trinajstić information content (AvgIpc) is 2.54. The molecule has 0 radical (unpaired) electrons. The molecule has 0 spiro atoms. The highest BCUT2D eigenvalue weighted by Gasteiger charge is 2.30. The maximum atomic E-state index is 11.5. The molecule has 0 aliphatic heterocycles. The number of hydrogen-bond donors (Lipinski definition) is 1. The maximum Gasteiger partial charge on any atom is 0.407 e. The van der Waals surface area contributed by atoms with Crippen molar-refractivity contribution in [3.05, 3.63) is 24.8 Å². The molecule has 8 nitrogen and oxygen atoms in total. The Hall–Kier alpha value is -1.74. The van der Waals surface area contributed by atoms with E-state index in [2.05, 4.69) is 16.6 Å². The van der Waals surface area contributed by atoms with Crippen LogP contribution in [-0.2, 0) is 28.5 Å². The van der Waals surface area contributed by atoms with E-state index in [0.29, 0.717) is 0 Å². The number of rotatable bonds is 12. The van der Waals surface area contributed by atoms with Gasteiger partial charge in [0.25, 0.3) is 0 Å². The third-order valence-electron chi connectivity index (χ3n) is 2.67. The van der Waals surface area contributed by atoms with Crippen LogP contribution in [0.5, 0.6) is 0 Å². The minimum Gasteiger partial charge on any atom is -0.453 e. The van der Waals surface area contributed by atoms with E-state index in [0.717, 1.165) is 0 Å². The third kappa shape index (κ3) is 9.09. The van der Waals surface area contributed by atoms with Crippen molar-refractivity contribution < 1.29 is 33.3 Å². The van der Waals surface area contributed by atoms with Crippen LogP contribution in [0.25, 0.3) is 0 Å². The lowest BCUT2D eigenvalue weighted by Crippen LogP contribution is -2.49. The fraction of sp³-hybridized carbons (Fsp3) is 0.600. The molecule has 1 amide bonds. The van der Waals surface area contributed by atoms with Gasteiger partial charge in [0, 0.05) is 14.2 Å². The van der Waals surface area contributed by atoms with Crippen LogP contribution >= 0.6 is 0 Å². The fourth-order valence-corrected chi connectivity index (χ4v) is 1.67. The molecule has 0 saturated carbocycles. The summed E-state index contributed by atoms with van der Waals surface area (Å²) in [6.07, 6.45) is 2.31. The molecule has 132 valence electrons. The third-order valence-corrected chi connectivity index (χ3v) is 2.67. The van der Waals surface area contributed by atoms with Gasteiger partial charge in [0.15, 0.2) is 5.78 Å². The molecule has 0 rings (SSSR count). The number of carbonyl (C=O) groups is 2. The molecule has 0 heterocycles. The van der Waals surface area contributed by atoms with Gasteiger partial charge in [0.05, 0.1) is 13.2 Å². The van der Waals surface area contributed by atoms with E-state index in [4.69, 9.17) is 18.9 Å². The first-order valence-electron chi connectivity index (χ1n) is 6.87. The molecule has 0 aromatic carbocycles. The fourth-order valence-electron chi connectivity index (χ4n) is 1.67. The summed E-state index contributed by atoms with van der Waals surface area (Å²) in [7, 11) is 4.17. The Bertz CT molecular complexity index is 397. The zero-order chi connectivity index (χ0) is 17.7. The van der Waals surface area contributed by atoms with E-state index >= 15 is 0 Å². The molecule has 0 unspecified atom stereocenters. The summed E-state index contributed by atoms with van der Waals surface area (Å²) >= 11 is 0. The van der Waals surface area contributed by atoms with E-state index in [9.17, 15) is 9.59 Å². The zero-order valence-electron chi connectivity index (χ0n) is 13.9. The topological polar surface area (TPSA) is 92.3 Å². The van der Waals surface area contributed by atoms with Crippen LogP contribution < -0.4 is 5.32 Å². The summed E-state index contributed by atoms with van der Waals surface area (Å²) in [6, 6.07) is -0.707. The Kier molecular flexibility index (Phi) is 11.8. The Balaban J connectivity index is 5.34. The van der Waals surface area contributed by atoms with Gasteiger partial charge in [-0.2, -0.15) is 0 Å². The van der Waals surface area contributed by atoms with Crippen LogP contribution in [0.2, 0.25) is 0 Å². The minimum absolute atomic E-state index is 0.00486. The lowest BCUT2D eigenvalue weighted by Gasteiger charge is -2.30. The molecule has 0 aromatic heterocycles.